The molecule has 0 spiro atoms. The highest BCUT2D eigenvalue weighted by Crippen LogP contribution is 2.29. The number of carbonyl (C=O) groups excluding carboxylic acids is 1. The highest BCUT2D eigenvalue weighted by molar-refractivity contribution is 7.12. The molecule has 1 saturated carbocycles. The summed E-state index contributed by atoms with van der Waals surface area (Å²) in [6, 6.07) is 12.6. The fourth-order valence-corrected chi connectivity index (χ4v) is 4.77. The lowest BCUT2D eigenvalue weighted by Gasteiger charge is -2.15. The number of nitrogens with one attached hydrogen (secondary N) is 1. The molecule has 4 rings (SSSR count). The van der Waals surface area contributed by atoms with Gasteiger partial charge in [0.05, 0.1) is 10.4 Å². The predicted octanol–water partition coefficient (Wildman–Crippen LogP) is 6.18. The number of aliphatic hydroxyl groups is 1. The number of ketones is 1. The van der Waals surface area contributed by atoms with Crippen molar-refractivity contribution in [2.45, 2.75) is 65.8 Å². The first-order valence-corrected chi connectivity index (χ1v) is 12.9. The quantitative estimate of drug-likeness (QED) is 0.387. The number of nitrogens with zero attached hydrogens (tertiary/aromatic N) is 2. The van der Waals surface area contributed by atoms with Crippen molar-refractivity contribution in [2.24, 2.45) is 5.92 Å². The van der Waals surface area contributed by atoms with E-state index in [9.17, 15) is 9.90 Å². The first kappa shape index (κ1) is 26.7. The lowest BCUT2D eigenvalue weighted by Crippen LogP contribution is -2.19. The standard InChI is InChI=1S/C23H25N3O2S.2C2H6/c27-13-17-8-9-19(10-17)26-23-20(12-24-15-25-23)22(28)21-11-18(14-29-21)7-6-16-4-2-1-3-5-16;2*1-2/h1-5,11-12,14-15,17,19,27H,6-10,13H2,(H,24,25,26);2*1-2H3. The van der Waals surface area contributed by atoms with Crippen molar-refractivity contribution in [2.75, 3.05) is 11.9 Å². The van der Waals surface area contributed by atoms with Gasteiger partial charge in [-0.2, -0.15) is 0 Å². The molecule has 3 aromatic rings. The summed E-state index contributed by atoms with van der Waals surface area (Å²) in [6.45, 7) is 8.22. The minimum Gasteiger partial charge on any atom is -0.396 e. The van der Waals surface area contributed by atoms with Crippen LogP contribution in [0.5, 0.6) is 0 Å². The van der Waals surface area contributed by atoms with Gasteiger partial charge in [-0.1, -0.05) is 58.0 Å². The van der Waals surface area contributed by atoms with Crippen molar-refractivity contribution in [3.05, 3.63) is 75.9 Å². The lowest BCUT2D eigenvalue weighted by molar-refractivity contribution is 0.104. The Morgan fingerprint density at radius 3 is 2.52 bits per heavy atom. The third-order valence-electron chi connectivity index (χ3n) is 5.52. The number of aromatic nitrogens is 2. The molecule has 1 fully saturated rings. The van der Waals surface area contributed by atoms with Crippen LogP contribution in [-0.4, -0.2) is 33.5 Å². The summed E-state index contributed by atoms with van der Waals surface area (Å²) in [5.41, 5.74) is 2.99. The number of carbonyl (C=O) groups is 1. The van der Waals surface area contributed by atoms with Crippen LogP contribution in [0.1, 0.15) is 73.3 Å². The van der Waals surface area contributed by atoms with Crippen LogP contribution in [0, 0.1) is 5.92 Å². The Balaban J connectivity index is 0.000000914. The number of rotatable bonds is 8. The molecule has 1 aliphatic carbocycles. The van der Waals surface area contributed by atoms with Gasteiger partial charge >= 0.3 is 0 Å². The van der Waals surface area contributed by atoms with Gasteiger partial charge in [0.1, 0.15) is 12.1 Å². The zero-order valence-corrected chi connectivity index (χ0v) is 21.1. The summed E-state index contributed by atoms with van der Waals surface area (Å²) in [4.78, 5) is 22.2. The Bertz CT molecular complexity index is 959. The maximum atomic E-state index is 13.1. The average molecular weight is 468 g/mol. The molecule has 33 heavy (non-hydrogen) atoms. The van der Waals surface area contributed by atoms with E-state index in [1.54, 1.807) is 6.20 Å². The number of benzene rings is 1. The van der Waals surface area contributed by atoms with Gasteiger partial charge in [-0.25, -0.2) is 9.97 Å². The minimum absolute atomic E-state index is 0.0410. The third kappa shape index (κ3) is 7.76. The number of hydrogen-bond acceptors (Lipinski definition) is 6. The van der Waals surface area contributed by atoms with Crippen LogP contribution in [0.4, 0.5) is 5.82 Å². The summed E-state index contributed by atoms with van der Waals surface area (Å²) in [6.07, 6.45) is 7.81. The first-order chi connectivity index (χ1) is 16.2. The van der Waals surface area contributed by atoms with Crippen molar-refractivity contribution in [1.82, 2.24) is 9.97 Å². The normalized spacial score (nSPS) is 16.8. The zero-order valence-electron chi connectivity index (χ0n) is 20.3. The van der Waals surface area contributed by atoms with Gasteiger partial charge in [-0.15, -0.1) is 11.3 Å². The summed E-state index contributed by atoms with van der Waals surface area (Å²) in [5, 5.41) is 14.8. The maximum absolute atomic E-state index is 13.1. The zero-order chi connectivity index (χ0) is 24.1. The molecule has 0 saturated heterocycles. The van der Waals surface area contributed by atoms with Crippen molar-refractivity contribution in [1.29, 1.82) is 0 Å². The molecule has 2 unspecified atom stereocenters. The molecule has 0 aliphatic heterocycles. The van der Waals surface area contributed by atoms with E-state index in [-0.39, 0.29) is 18.4 Å². The molecular formula is C27H37N3O2S. The number of anilines is 1. The van der Waals surface area contributed by atoms with Gasteiger partial charge in [-0.3, -0.25) is 4.79 Å². The Hall–Kier alpha value is -2.57. The van der Waals surface area contributed by atoms with Crippen molar-refractivity contribution in [3.8, 4) is 0 Å². The van der Waals surface area contributed by atoms with Crippen molar-refractivity contribution >= 4 is 22.9 Å². The van der Waals surface area contributed by atoms with E-state index in [1.165, 1.54) is 28.8 Å². The number of aliphatic hydroxyl groups excluding tert-OH is 1. The molecule has 6 heteroatoms. The molecule has 1 aromatic carbocycles. The Kier molecular flexibility index (Phi) is 11.8. The largest absolute Gasteiger partial charge is 0.396 e. The van der Waals surface area contributed by atoms with E-state index in [4.69, 9.17) is 0 Å². The summed E-state index contributed by atoms with van der Waals surface area (Å²) in [5.74, 6) is 0.881. The van der Waals surface area contributed by atoms with Crippen LogP contribution >= 0.6 is 11.3 Å². The van der Waals surface area contributed by atoms with Gasteiger partial charge < -0.3 is 10.4 Å². The van der Waals surface area contributed by atoms with Crippen molar-refractivity contribution < 1.29 is 9.90 Å². The smallest absolute Gasteiger partial charge is 0.208 e. The summed E-state index contributed by atoms with van der Waals surface area (Å²) >= 11 is 1.48. The summed E-state index contributed by atoms with van der Waals surface area (Å²) in [7, 11) is 0. The molecule has 2 heterocycles. The molecule has 178 valence electrons. The van der Waals surface area contributed by atoms with Gasteiger partial charge in [0.2, 0.25) is 5.78 Å². The Morgan fingerprint density at radius 1 is 1.09 bits per heavy atom. The van der Waals surface area contributed by atoms with E-state index >= 15 is 0 Å². The van der Waals surface area contributed by atoms with Crippen LogP contribution in [0.3, 0.4) is 0 Å². The van der Waals surface area contributed by atoms with Gasteiger partial charge in [-0.05, 0) is 60.6 Å². The van der Waals surface area contributed by atoms with Gasteiger partial charge in [0.25, 0.3) is 0 Å². The second-order valence-corrected chi connectivity index (χ2v) is 8.53. The van der Waals surface area contributed by atoms with E-state index < -0.39 is 0 Å². The second-order valence-electron chi connectivity index (χ2n) is 7.62. The minimum atomic E-state index is -0.0410. The third-order valence-corrected chi connectivity index (χ3v) is 6.50. The molecule has 1 aliphatic rings. The molecular weight excluding hydrogens is 430 g/mol. The Morgan fingerprint density at radius 2 is 1.82 bits per heavy atom. The molecule has 2 aromatic heterocycles. The Labute approximate surface area is 202 Å². The van der Waals surface area contributed by atoms with Crippen LogP contribution in [0.25, 0.3) is 0 Å². The number of thiophene rings is 1. The SMILES string of the molecule is CC.CC.O=C(c1cc(CCc2ccccc2)cs1)c1cncnc1NC1CCC(CO)C1. The highest BCUT2D eigenvalue weighted by Gasteiger charge is 2.26. The monoisotopic (exact) mass is 467 g/mol. The van der Waals surface area contributed by atoms with E-state index in [1.807, 2.05) is 39.8 Å². The second kappa shape index (κ2) is 14.6. The average Bonchev–Trinajstić information content (AvgIpc) is 3.55. The highest BCUT2D eigenvalue weighted by atomic mass is 32.1. The van der Waals surface area contributed by atoms with Crippen LogP contribution in [0.15, 0.2) is 54.3 Å². The predicted molar refractivity (Wildman–Crippen MR) is 138 cm³/mol. The van der Waals surface area contributed by atoms with E-state index in [0.717, 1.165) is 32.1 Å². The molecule has 2 N–H and O–H groups in total. The van der Waals surface area contributed by atoms with Crippen LogP contribution < -0.4 is 5.32 Å². The van der Waals surface area contributed by atoms with E-state index in [2.05, 4.69) is 44.9 Å². The lowest BCUT2D eigenvalue weighted by atomic mass is 10.1. The van der Waals surface area contributed by atoms with Crippen LogP contribution in [0.2, 0.25) is 0 Å². The summed E-state index contributed by atoms with van der Waals surface area (Å²) < 4.78 is 0. The van der Waals surface area contributed by atoms with Gasteiger partial charge in [0.15, 0.2) is 0 Å². The number of aryl methyl sites for hydroxylation is 2. The fourth-order valence-electron chi connectivity index (χ4n) is 3.87. The fraction of sp³-hybridized carbons (Fsp3) is 0.444. The molecule has 2 atom stereocenters. The van der Waals surface area contributed by atoms with Crippen LogP contribution in [-0.2, 0) is 12.8 Å². The van der Waals surface area contributed by atoms with Crippen molar-refractivity contribution in [3.63, 3.8) is 0 Å². The first-order valence-electron chi connectivity index (χ1n) is 12.1. The van der Waals surface area contributed by atoms with E-state index in [0.29, 0.717) is 22.2 Å². The molecule has 5 nitrogen and oxygen atoms in total. The molecule has 0 radical (unpaired) electrons. The number of hydrogen-bond donors (Lipinski definition) is 2. The maximum Gasteiger partial charge on any atom is 0.208 e. The molecule has 0 amide bonds. The molecule has 0 bridgehead atoms. The van der Waals surface area contributed by atoms with Gasteiger partial charge in [0, 0.05) is 18.8 Å². The topological polar surface area (TPSA) is 75.1 Å².